The molecule has 1 fully saturated rings. The summed E-state index contributed by atoms with van der Waals surface area (Å²) in [5, 5.41) is 0. The lowest BCUT2D eigenvalue weighted by atomic mass is 10.3. The average molecular weight is 386 g/mol. The van der Waals surface area contributed by atoms with E-state index < -0.39 is 10.0 Å². The van der Waals surface area contributed by atoms with Gasteiger partial charge in [0.1, 0.15) is 16.3 Å². The van der Waals surface area contributed by atoms with Gasteiger partial charge in [0.15, 0.2) is 0 Å². The van der Waals surface area contributed by atoms with E-state index in [2.05, 4.69) is 14.3 Å². The molecule has 1 aliphatic heterocycles. The number of nitrogens with zero attached hydrogens (tertiary/aromatic N) is 4. The molecule has 0 amide bonds. The van der Waals surface area contributed by atoms with Crippen molar-refractivity contribution >= 4 is 15.7 Å². The summed E-state index contributed by atoms with van der Waals surface area (Å²) < 4.78 is 34.8. The summed E-state index contributed by atoms with van der Waals surface area (Å²) in [6.07, 6.45) is 3.88. The maximum Gasteiger partial charge on any atom is 0.246 e. The highest BCUT2D eigenvalue weighted by molar-refractivity contribution is 7.89. The molecular weight excluding hydrogens is 364 g/mol. The molecule has 0 unspecified atom stereocenters. The number of rotatable bonds is 5. The summed E-state index contributed by atoms with van der Waals surface area (Å²) in [4.78, 5) is 6.89. The zero-order valence-electron chi connectivity index (χ0n) is 15.2. The Balaban J connectivity index is 1.45. The average Bonchev–Trinajstić information content (AvgIpc) is 3.11. The third-order valence-corrected chi connectivity index (χ3v) is 6.84. The van der Waals surface area contributed by atoms with Gasteiger partial charge >= 0.3 is 0 Å². The highest BCUT2D eigenvalue weighted by atomic mass is 32.2. The molecule has 0 bridgehead atoms. The molecule has 0 spiro atoms. The third-order valence-electron chi connectivity index (χ3n) is 4.90. The largest absolute Gasteiger partial charge is 0.495 e. The molecule has 142 valence electrons. The lowest BCUT2D eigenvalue weighted by molar-refractivity contribution is 0.179. The number of methoxy groups -OCH3 is 1. The van der Waals surface area contributed by atoms with E-state index in [1.54, 1.807) is 24.3 Å². The second kappa shape index (κ2) is 7.30. The summed E-state index contributed by atoms with van der Waals surface area (Å²) >= 11 is 0. The molecule has 27 heavy (non-hydrogen) atoms. The number of piperazine rings is 1. The number of imidazole rings is 1. The maximum absolute atomic E-state index is 13.0. The molecule has 3 heterocycles. The molecular formula is C19H22N4O3S. The first-order valence-electron chi connectivity index (χ1n) is 8.86. The van der Waals surface area contributed by atoms with Crippen molar-refractivity contribution in [3.63, 3.8) is 0 Å². The molecule has 8 heteroatoms. The maximum atomic E-state index is 13.0. The number of aromatic nitrogens is 2. The Labute approximate surface area is 158 Å². The van der Waals surface area contributed by atoms with E-state index in [1.807, 2.05) is 30.6 Å². The van der Waals surface area contributed by atoms with Gasteiger partial charge in [0.25, 0.3) is 0 Å². The van der Waals surface area contributed by atoms with Gasteiger partial charge in [-0.05, 0) is 24.3 Å². The normalized spacial score (nSPS) is 16.6. The molecule has 0 atom stereocenters. The standard InChI is InChI=1S/C19H22N4O3S/c1-26-17-6-2-3-7-18(17)27(24,25)22-12-10-21(11-13-22)15-16-14-20-19-8-4-5-9-23(16)19/h2-9,14H,10-13,15H2,1H3. The smallest absolute Gasteiger partial charge is 0.246 e. The van der Waals surface area contributed by atoms with Crippen LogP contribution in [0.5, 0.6) is 5.75 Å². The summed E-state index contributed by atoms with van der Waals surface area (Å²) in [5.41, 5.74) is 2.02. The van der Waals surface area contributed by atoms with Crippen molar-refractivity contribution in [3.8, 4) is 5.75 Å². The van der Waals surface area contributed by atoms with Gasteiger partial charge in [0.05, 0.1) is 19.0 Å². The lowest BCUT2D eigenvalue weighted by Gasteiger charge is -2.34. The number of hydrogen-bond donors (Lipinski definition) is 0. The van der Waals surface area contributed by atoms with E-state index in [1.165, 1.54) is 11.4 Å². The molecule has 4 rings (SSSR count). The SMILES string of the molecule is COc1ccccc1S(=O)(=O)N1CCN(Cc2cnc3ccccn23)CC1. The van der Waals surface area contributed by atoms with Crippen LogP contribution in [-0.2, 0) is 16.6 Å². The second-order valence-corrected chi connectivity index (χ2v) is 8.42. The summed E-state index contributed by atoms with van der Waals surface area (Å²) in [6, 6.07) is 12.7. The Morgan fingerprint density at radius 2 is 1.78 bits per heavy atom. The van der Waals surface area contributed by atoms with Crippen LogP contribution in [0.1, 0.15) is 5.69 Å². The number of hydrogen-bond acceptors (Lipinski definition) is 5. The van der Waals surface area contributed by atoms with Crippen LogP contribution >= 0.6 is 0 Å². The Morgan fingerprint density at radius 3 is 2.56 bits per heavy atom. The fraction of sp³-hybridized carbons (Fsp3) is 0.316. The first kappa shape index (κ1) is 18.0. The number of para-hydroxylation sites is 1. The first-order valence-corrected chi connectivity index (χ1v) is 10.3. The fourth-order valence-electron chi connectivity index (χ4n) is 3.43. The molecule has 0 saturated carbocycles. The molecule has 7 nitrogen and oxygen atoms in total. The van der Waals surface area contributed by atoms with E-state index >= 15 is 0 Å². The summed E-state index contributed by atoms with van der Waals surface area (Å²) in [6.45, 7) is 3.00. The van der Waals surface area contributed by atoms with Crippen LogP contribution in [0.25, 0.3) is 5.65 Å². The third kappa shape index (κ3) is 3.43. The predicted octanol–water partition coefficient (Wildman–Crippen LogP) is 1.85. The number of sulfonamides is 1. The van der Waals surface area contributed by atoms with Crippen LogP contribution in [0.3, 0.4) is 0 Å². The van der Waals surface area contributed by atoms with E-state index in [9.17, 15) is 8.42 Å². The highest BCUT2D eigenvalue weighted by Crippen LogP contribution is 2.27. The van der Waals surface area contributed by atoms with E-state index in [0.29, 0.717) is 31.9 Å². The minimum Gasteiger partial charge on any atom is -0.495 e. The number of benzene rings is 1. The molecule has 1 saturated heterocycles. The van der Waals surface area contributed by atoms with Crippen LogP contribution in [0.2, 0.25) is 0 Å². The van der Waals surface area contributed by atoms with Crippen molar-refractivity contribution in [2.75, 3.05) is 33.3 Å². The van der Waals surface area contributed by atoms with Gasteiger partial charge in [-0.2, -0.15) is 4.31 Å². The number of fused-ring (bicyclic) bond motifs is 1. The van der Waals surface area contributed by atoms with Crippen LogP contribution in [0.4, 0.5) is 0 Å². The highest BCUT2D eigenvalue weighted by Gasteiger charge is 2.30. The topological polar surface area (TPSA) is 67.2 Å². The van der Waals surface area contributed by atoms with Crippen molar-refractivity contribution in [1.82, 2.24) is 18.6 Å². The summed E-state index contributed by atoms with van der Waals surface area (Å²) in [7, 11) is -2.07. The first-order chi connectivity index (χ1) is 13.1. The second-order valence-electron chi connectivity index (χ2n) is 6.51. The van der Waals surface area contributed by atoms with Crippen LogP contribution in [0, 0.1) is 0 Å². The number of ether oxygens (including phenoxy) is 1. The van der Waals surface area contributed by atoms with E-state index in [-0.39, 0.29) is 4.90 Å². The monoisotopic (exact) mass is 386 g/mol. The van der Waals surface area contributed by atoms with Gasteiger partial charge in [-0.1, -0.05) is 18.2 Å². The molecule has 1 aliphatic rings. The molecule has 3 aromatic rings. The lowest BCUT2D eigenvalue weighted by Crippen LogP contribution is -2.48. The van der Waals surface area contributed by atoms with E-state index in [0.717, 1.165) is 17.9 Å². The quantitative estimate of drug-likeness (QED) is 0.670. The Bertz CT molecular complexity index is 1040. The molecule has 0 N–H and O–H groups in total. The Morgan fingerprint density at radius 1 is 1.04 bits per heavy atom. The van der Waals surface area contributed by atoms with Crippen LogP contribution in [-0.4, -0.2) is 60.3 Å². The predicted molar refractivity (Wildman–Crippen MR) is 102 cm³/mol. The van der Waals surface area contributed by atoms with Crippen LogP contribution < -0.4 is 4.74 Å². The van der Waals surface area contributed by atoms with Crippen molar-refractivity contribution in [2.24, 2.45) is 0 Å². The van der Waals surface area contributed by atoms with Crippen LogP contribution in [0.15, 0.2) is 59.8 Å². The van der Waals surface area contributed by atoms with Crippen molar-refractivity contribution < 1.29 is 13.2 Å². The van der Waals surface area contributed by atoms with Gasteiger partial charge in [-0.15, -0.1) is 0 Å². The van der Waals surface area contributed by atoms with Gasteiger partial charge in [-0.3, -0.25) is 4.90 Å². The summed E-state index contributed by atoms with van der Waals surface area (Å²) in [5.74, 6) is 0.380. The fourth-order valence-corrected chi connectivity index (χ4v) is 5.01. The zero-order chi connectivity index (χ0) is 18.9. The minimum absolute atomic E-state index is 0.225. The van der Waals surface area contributed by atoms with E-state index in [4.69, 9.17) is 4.74 Å². The zero-order valence-corrected chi connectivity index (χ0v) is 16.0. The number of pyridine rings is 1. The van der Waals surface area contributed by atoms with Gasteiger partial charge in [-0.25, -0.2) is 13.4 Å². The van der Waals surface area contributed by atoms with Crippen molar-refractivity contribution in [3.05, 3.63) is 60.6 Å². The Kier molecular flexibility index (Phi) is 4.86. The molecule has 0 radical (unpaired) electrons. The minimum atomic E-state index is -3.56. The van der Waals surface area contributed by atoms with Gasteiger partial charge < -0.3 is 9.14 Å². The van der Waals surface area contributed by atoms with Gasteiger partial charge in [0.2, 0.25) is 10.0 Å². The molecule has 2 aromatic heterocycles. The Hall–Kier alpha value is -2.42. The molecule has 1 aromatic carbocycles. The molecule has 0 aliphatic carbocycles. The van der Waals surface area contributed by atoms with Crippen molar-refractivity contribution in [2.45, 2.75) is 11.4 Å². The van der Waals surface area contributed by atoms with Crippen molar-refractivity contribution in [1.29, 1.82) is 0 Å². The van der Waals surface area contributed by atoms with Gasteiger partial charge in [0, 0.05) is 38.9 Å².